The molecule has 1 aliphatic heterocycles. The second kappa shape index (κ2) is 10.4. The van der Waals surface area contributed by atoms with Crippen molar-refractivity contribution >= 4 is 45.0 Å². The Kier molecular flexibility index (Phi) is 8.04. The maximum Gasteiger partial charge on any atom is 0.407 e. The first-order valence-corrected chi connectivity index (χ1v) is 13.2. The Morgan fingerprint density at radius 3 is 2.36 bits per heavy atom. The Hall–Kier alpha value is -2.14. The first-order chi connectivity index (χ1) is 15.4. The molecule has 0 spiro atoms. The summed E-state index contributed by atoms with van der Waals surface area (Å²) in [7, 11) is -3.64. The minimum Gasteiger partial charge on any atom is -0.444 e. The topological polar surface area (TPSA) is 105 Å². The molecule has 3 rings (SSSR count). The average molecular weight is 514 g/mol. The van der Waals surface area contributed by atoms with Crippen LogP contribution in [0.25, 0.3) is 0 Å². The molecule has 0 saturated carbocycles. The highest BCUT2D eigenvalue weighted by Crippen LogP contribution is 2.27. The van der Waals surface area contributed by atoms with Crippen molar-refractivity contribution in [1.29, 1.82) is 0 Å². The number of piperidine rings is 1. The molecule has 11 heteroatoms. The number of halogens is 1. The van der Waals surface area contributed by atoms with Gasteiger partial charge in [-0.05, 0) is 70.0 Å². The van der Waals surface area contributed by atoms with Crippen LogP contribution in [-0.4, -0.2) is 49.5 Å². The Balaban J connectivity index is 1.52. The second-order valence-corrected chi connectivity index (χ2v) is 12.5. The first-order valence-electron chi connectivity index (χ1n) is 10.6. The minimum absolute atomic E-state index is 0.131. The van der Waals surface area contributed by atoms with Crippen LogP contribution in [0.1, 0.15) is 48.8 Å². The number of ether oxygens (including phenoxy) is 1. The van der Waals surface area contributed by atoms with Crippen molar-refractivity contribution in [3.63, 3.8) is 0 Å². The van der Waals surface area contributed by atoms with Crippen LogP contribution in [0.2, 0.25) is 5.02 Å². The lowest BCUT2D eigenvalue weighted by Gasteiger charge is -2.31. The molecule has 2 amide bonds. The maximum atomic E-state index is 13.0. The molecule has 0 atom stereocenters. The third kappa shape index (κ3) is 7.17. The minimum atomic E-state index is -3.64. The molecule has 2 N–H and O–H groups in total. The molecule has 8 nitrogen and oxygen atoms in total. The molecule has 2 aromatic rings. The van der Waals surface area contributed by atoms with Crippen molar-refractivity contribution in [2.75, 3.05) is 13.1 Å². The zero-order valence-corrected chi connectivity index (χ0v) is 21.1. The van der Waals surface area contributed by atoms with Gasteiger partial charge in [0.05, 0.1) is 6.54 Å². The Morgan fingerprint density at radius 2 is 1.76 bits per heavy atom. The number of hydrogen-bond donors (Lipinski definition) is 2. The van der Waals surface area contributed by atoms with Gasteiger partial charge in [-0.1, -0.05) is 11.6 Å². The van der Waals surface area contributed by atoms with Crippen molar-refractivity contribution in [3.05, 3.63) is 51.9 Å². The largest absolute Gasteiger partial charge is 0.444 e. The van der Waals surface area contributed by atoms with Crippen molar-refractivity contribution in [2.24, 2.45) is 0 Å². The second-order valence-electron chi connectivity index (χ2n) is 8.73. The molecular weight excluding hydrogens is 486 g/mol. The van der Waals surface area contributed by atoms with Gasteiger partial charge in [-0.3, -0.25) is 4.79 Å². The van der Waals surface area contributed by atoms with Gasteiger partial charge in [-0.2, -0.15) is 4.31 Å². The zero-order chi connectivity index (χ0) is 24.2. The monoisotopic (exact) mass is 513 g/mol. The molecule has 0 unspecified atom stereocenters. The lowest BCUT2D eigenvalue weighted by atomic mass is 10.1. The van der Waals surface area contributed by atoms with E-state index in [4.69, 9.17) is 16.3 Å². The Bertz CT molecular complexity index is 1090. The molecule has 180 valence electrons. The van der Waals surface area contributed by atoms with E-state index >= 15 is 0 Å². The van der Waals surface area contributed by atoms with Crippen LogP contribution in [0.4, 0.5) is 4.79 Å². The fourth-order valence-electron chi connectivity index (χ4n) is 3.30. The van der Waals surface area contributed by atoms with Crippen LogP contribution in [0.3, 0.4) is 0 Å². The average Bonchev–Trinajstić information content (AvgIpc) is 3.21. The molecule has 1 aromatic carbocycles. The smallest absolute Gasteiger partial charge is 0.407 e. The van der Waals surface area contributed by atoms with Gasteiger partial charge in [0.1, 0.15) is 9.81 Å². The number of nitrogens with one attached hydrogen (secondary N) is 2. The van der Waals surface area contributed by atoms with E-state index < -0.39 is 21.7 Å². The van der Waals surface area contributed by atoms with E-state index in [0.29, 0.717) is 36.5 Å². The molecule has 33 heavy (non-hydrogen) atoms. The Labute approximate surface area is 203 Å². The van der Waals surface area contributed by atoms with E-state index in [1.807, 2.05) is 0 Å². The fraction of sp³-hybridized carbons (Fsp3) is 0.455. The van der Waals surface area contributed by atoms with Crippen molar-refractivity contribution in [3.8, 4) is 0 Å². The molecule has 0 radical (unpaired) electrons. The summed E-state index contributed by atoms with van der Waals surface area (Å²) in [5.41, 5.74) is -0.106. The van der Waals surface area contributed by atoms with Crippen molar-refractivity contribution < 1.29 is 22.7 Å². The lowest BCUT2D eigenvalue weighted by Crippen LogP contribution is -2.47. The molecular formula is C22H28ClN3O5S2. The van der Waals surface area contributed by atoms with Gasteiger partial charge >= 0.3 is 6.09 Å². The first kappa shape index (κ1) is 25.5. The molecule has 0 bridgehead atoms. The fourth-order valence-corrected chi connectivity index (χ4v) is 6.35. The number of hydrogen-bond acceptors (Lipinski definition) is 6. The molecule has 1 aromatic heterocycles. The third-order valence-corrected chi connectivity index (χ3v) is 8.64. The van der Waals surface area contributed by atoms with Crippen LogP contribution in [0.15, 0.2) is 40.6 Å². The summed E-state index contributed by atoms with van der Waals surface area (Å²) >= 11 is 6.97. The van der Waals surface area contributed by atoms with Crippen molar-refractivity contribution in [2.45, 2.75) is 56.0 Å². The summed E-state index contributed by atoms with van der Waals surface area (Å²) in [6, 6.07) is 9.67. The van der Waals surface area contributed by atoms with Gasteiger partial charge in [0.25, 0.3) is 15.9 Å². The summed E-state index contributed by atoms with van der Waals surface area (Å²) in [6.45, 7) is 6.22. The third-order valence-electron chi connectivity index (χ3n) is 4.94. The zero-order valence-electron chi connectivity index (χ0n) is 18.8. The van der Waals surface area contributed by atoms with E-state index in [1.165, 1.54) is 4.31 Å². The predicted octanol–water partition coefficient (Wildman–Crippen LogP) is 4.01. The van der Waals surface area contributed by atoms with Crippen LogP contribution >= 0.6 is 22.9 Å². The number of rotatable bonds is 6. The van der Waals surface area contributed by atoms with Crippen LogP contribution in [0.5, 0.6) is 0 Å². The SMILES string of the molecule is CC(C)(C)OC(=O)NC1CCN(S(=O)(=O)c2ccc(CNC(=O)c3ccc(Cl)cc3)s2)CC1. The van der Waals surface area contributed by atoms with E-state index in [1.54, 1.807) is 57.2 Å². The number of alkyl carbamates (subject to hydrolysis) is 1. The number of amides is 2. The molecule has 1 aliphatic rings. The number of benzene rings is 1. The molecule has 1 saturated heterocycles. The highest BCUT2D eigenvalue weighted by molar-refractivity contribution is 7.91. The van der Waals surface area contributed by atoms with Crippen molar-refractivity contribution in [1.82, 2.24) is 14.9 Å². The Morgan fingerprint density at radius 1 is 1.12 bits per heavy atom. The number of nitrogens with zero attached hydrogens (tertiary/aromatic N) is 1. The van der Waals surface area contributed by atoms with Crippen LogP contribution in [-0.2, 0) is 21.3 Å². The summed E-state index contributed by atoms with van der Waals surface area (Å²) in [4.78, 5) is 24.9. The van der Waals surface area contributed by atoms with E-state index in [2.05, 4.69) is 10.6 Å². The molecule has 2 heterocycles. The van der Waals surface area contributed by atoms with Gasteiger partial charge in [0, 0.05) is 34.6 Å². The van der Waals surface area contributed by atoms with Gasteiger partial charge < -0.3 is 15.4 Å². The highest BCUT2D eigenvalue weighted by atomic mass is 35.5. The van der Waals surface area contributed by atoms with E-state index in [0.717, 1.165) is 16.2 Å². The molecule has 1 fully saturated rings. The van der Waals surface area contributed by atoms with Gasteiger partial charge in [-0.15, -0.1) is 11.3 Å². The lowest BCUT2D eigenvalue weighted by molar-refractivity contribution is 0.0489. The highest BCUT2D eigenvalue weighted by Gasteiger charge is 2.31. The summed E-state index contributed by atoms with van der Waals surface area (Å²) in [5, 5.41) is 6.14. The number of carbonyl (C=O) groups is 2. The van der Waals surface area contributed by atoms with Crippen LogP contribution in [0, 0.1) is 0 Å². The van der Waals surface area contributed by atoms with E-state index in [-0.39, 0.29) is 22.7 Å². The summed E-state index contributed by atoms with van der Waals surface area (Å²) in [6.07, 6.45) is 0.522. The maximum absolute atomic E-state index is 13.0. The summed E-state index contributed by atoms with van der Waals surface area (Å²) < 4.78 is 33.0. The normalized spacial score (nSPS) is 15.8. The summed E-state index contributed by atoms with van der Waals surface area (Å²) in [5.74, 6) is -0.260. The quantitative estimate of drug-likeness (QED) is 0.607. The van der Waals surface area contributed by atoms with Crippen LogP contribution < -0.4 is 10.6 Å². The number of sulfonamides is 1. The van der Waals surface area contributed by atoms with E-state index in [9.17, 15) is 18.0 Å². The van der Waals surface area contributed by atoms with Gasteiger partial charge in [0.15, 0.2) is 0 Å². The standard InChI is InChI=1S/C22H28ClN3O5S2/c1-22(2,3)31-21(28)25-17-10-12-26(13-11-17)33(29,30)19-9-8-18(32-19)14-24-20(27)15-4-6-16(23)7-5-15/h4-9,17H,10-14H2,1-3H3,(H,24,27)(H,25,28). The number of carbonyl (C=O) groups excluding carboxylic acids is 2. The number of thiophene rings is 1. The van der Waals surface area contributed by atoms with Gasteiger partial charge in [-0.25, -0.2) is 13.2 Å². The predicted molar refractivity (Wildman–Crippen MR) is 128 cm³/mol. The van der Waals surface area contributed by atoms with Gasteiger partial charge in [0.2, 0.25) is 0 Å². The molecule has 0 aliphatic carbocycles.